The van der Waals surface area contributed by atoms with E-state index in [1.165, 1.54) is 11.8 Å². The Morgan fingerprint density at radius 1 is 1.22 bits per heavy atom. The molecule has 1 rings (SSSR count). The number of thioether (sulfide) groups is 1. The molecule has 0 radical (unpaired) electrons. The molecule has 0 aromatic carbocycles. The van der Waals surface area contributed by atoms with Crippen LogP contribution < -0.4 is 10.6 Å². The second-order valence-corrected chi connectivity index (χ2v) is 5.36. The zero-order valence-corrected chi connectivity index (χ0v) is 12.1. The Bertz CT molecular complexity index is 384. The van der Waals surface area contributed by atoms with Crippen LogP contribution in [-0.2, 0) is 0 Å². The highest BCUT2D eigenvalue weighted by atomic mass is 32.2. The Kier molecular flexibility index (Phi) is 5.61. The zero-order chi connectivity index (χ0) is 13.7. The summed E-state index contributed by atoms with van der Waals surface area (Å²) >= 11 is 1.40. The summed E-state index contributed by atoms with van der Waals surface area (Å²) in [5.74, 6) is 0.806. The largest absolute Gasteiger partial charge is 0.392 e. The van der Waals surface area contributed by atoms with Gasteiger partial charge in [0, 0.05) is 18.3 Å². The lowest BCUT2D eigenvalue weighted by Gasteiger charge is -2.19. The second-order valence-electron chi connectivity index (χ2n) is 4.01. The molecule has 0 fully saturated rings. The molecule has 2 unspecified atom stereocenters. The fourth-order valence-electron chi connectivity index (χ4n) is 1.33. The molecule has 102 valence electrons. The lowest BCUT2D eigenvalue weighted by atomic mass is 10.3. The van der Waals surface area contributed by atoms with Gasteiger partial charge in [0.1, 0.15) is 0 Å². The fraction of sp³-hybridized carbons (Fsp3) is 0.727. The van der Waals surface area contributed by atoms with Crippen LogP contribution >= 0.6 is 11.8 Å². The number of aliphatic hydroxyl groups excluding tert-OH is 1. The molecule has 18 heavy (non-hydrogen) atoms. The van der Waals surface area contributed by atoms with Crippen LogP contribution in [0.15, 0.2) is 5.16 Å². The van der Waals surface area contributed by atoms with E-state index in [-0.39, 0.29) is 11.2 Å². The molecular weight excluding hydrogens is 250 g/mol. The quantitative estimate of drug-likeness (QED) is 0.750. The van der Waals surface area contributed by atoms with Crippen LogP contribution in [0.2, 0.25) is 0 Å². The standard InChI is InChI=1S/C11H21N5OS/c1-5-16(6-2)10-13-9(12)14-11(15-10)18-8(4)7(3)17/h7-8,17H,5-6H2,1-4H3,(H2,12,13,14,15). The summed E-state index contributed by atoms with van der Waals surface area (Å²) in [7, 11) is 0. The van der Waals surface area contributed by atoms with E-state index < -0.39 is 6.10 Å². The molecule has 1 aromatic rings. The Balaban J connectivity index is 2.93. The molecule has 3 N–H and O–H groups in total. The zero-order valence-electron chi connectivity index (χ0n) is 11.3. The second kappa shape index (κ2) is 6.75. The molecule has 0 aliphatic carbocycles. The molecule has 2 atom stereocenters. The van der Waals surface area contributed by atoms with E-state index in [1.54, 1.807) is 6.92 Å². The van der Waals surface area contributed by atoms with Gasteiger partial charge in [-0.1, -0.05) is 18.7 Å². The lowest BCUT2D eigenvalue weighted by molar-refractivity contribution is 0.196. The van der Waals surface area contributed by atoms with Crippen molar-refractivity contribution in [3.8, 4) is 0 Å². The van der Waals surface area contributed by atoms with Gasteiger partial charge in [-0.3, -0.25) is 0 Å². The number of anilines is 2. The summed E-state index contributed by atoms with van der Waals surface area (Å²) in [5, 5.41) is 10.1. The molecular formula is C11H21N5OS. The predicted octanol–water partition coefficient (Wildman–Crippen LogP) is 1.16. The van der Waals surface area contributed by atoms with Gasteiger partial charge in [0.2, 0.25) is 11.9 Å². The Morgan fingerprint density at radius 3 is 2.33 bits per heavy atom. The van der Waals surface area contributed by atoms with Crippen LogP contribution in [0.1, 0.15) is 27.7 Å². The molecule has 0 saturated heterocycles. The number of hydrogen-bond acceptors (Lipinski definition) is 7. The van der Waals surface area contributed by atoms with E-state index >= 15 is 0 Å². The number of hydrogen-bond donors (Lipinski definition) is 2. The molecule has 0 spiro atoms. The summed E-state index contributed by atoms with van der Waals surface area (Å²) in [6.45, 7) is 9.37. The molecule has 1 aromatic heterocycles. The van der Waals surface area contributed by atoms with Crippen LogP contribution in [0.4, 0.5) is 11.9 Å². The first-order valence-corrected chi connectivity index (χ1v) is 6.97. The molecule has 1 heterocycles. The Morgan fingerprint density at radius 2 is 1.83 bits per heavy atom. The normalized spacial score (nSPS) is 14.3. The van der Waals surface area contributed by atoms with E-state index in [2.05, 4.69) is 15.0 Å². The number of rotatable bonds is 6. The summed E-state index contributed by atoms with van der Waals surface area (Å²) in [6, 6.07) is 0. The average molecular weight is 271 g/mol. The third kappa shape index (κ3) is 3.99. The maximum atomic E-state index is 9.49. The lowest BCUT2D eigenvalue weighted by Crippen LogP contribution is -2.25. The van der Waals surface area contributed by atoms with Crippen LogP contribution in [0.3, 0.4) is 0 Å². The maximum Gasteiger partial charge on any atom is 0.231 e. The van der Waals surface area contributed by atoms with Gasteiger partial charge < -0.3 is 15.7 Å². The topological polar surface area (TPSA) is 88.2 Å². The van der Waals surface area contributed by atoms with Gasteiger partial charge in [0.05, 0.1) is 6.10 Å². The summed E-state index contributed by atoms with van der Waals surface area (Å²) in [6.07, 6.45) is -0.426. The minimum Gasteiger partial charge on any atom is -0.392 e. The first-order chi connectivity index (χ1) is 8.47. The van der Waals surface area contributed by atoms with Gasteiger partial charge in [-0.15, -0.1) is 0 Å². The van der Waals surface area contributed by atoms with Crippen molar-refractivity contribution in [2.75, 3.05) is 23.7 Å². The number of nitrogens with zero attached hydrogens (tertiary/aromatic N) is 4. The average Bonchev–Trinajstić information content (AvgIpc) is 2.29. The SMILES string of the molecule is CCN(CC)c1nc(N)nc(SC(C)C(C)O)n1. The van der Waals surface area contributed by atoms with Crippen molar-refractivity contribution in [2.24, 2.45) is 0 Å². The van der Waals surface area contributed by atoms with Crippen LogP contribution in [0.25, 0.3) is 0 Å². The Labute approximate surface area is 112 Å². The van der Waals surface area contributed by atoms with Crippen LogP contribution in [0.5, 0.6) is 0 Å². The first-order valence-electron chi connectivity index (χ1n) is 6.09. The third-order valence-electron chi connectivity index (χ3n) is 2.64. The van der Waals surface area contributed by atoms with Gasteiger partial charge in [-0.25, -0.2) is 0 Å². The van der Waals surface area contributed by atoms with Crippen molar-refractivity contribution >= 4 is 23.7 Å². The molecule has 0 bridgehead atoms. The molecule has 0 aliphatic heterocycles. The predicted molar refractivity (Wildman–Crippen MR) is 74.8 cm³/mol. The minimum absolute atomic E-state index is 0.0105. The van der Waals surface area contributed by atoms with E-state index in [0.29, 0.717) is 11.1 Å². The van der Waals surface area contributed by atoms with Gasteiger partial charge in [-0.2, -0.15) is 15.0 Å². The fourth-order valence-corrected chi connectivity index (χ4v) is 2.14. The third-order valence-corrected chi connectivity index (χ3v) is 3.80. The monoisotopic (exact) mass is 271 g/mol. The van der Waals surface area contributed by atoms with Gasteiger partial charge >= 0.3 is 0 Å². The van der Waals surface area contributed by atoms with E-state index in [1.807, 2.05) is 25.7 Å². The number of aromatic nitrogens is 3. The van der Waals surface area contributed by atoms with Gasteiger partial charge in [0.25, 0.3) is 0 Å². The molecule has 0 saturated carbocycles. The Hall–Kier alpha value is -1.08. The van der Waals surface area contributed by atoms with E-state index in [0.717, 1.165) is 13.1 Å². The summed E-state index contributed by atoms with van der Waals surface area (Å²) < 4.78 is 0. The highest BCUT2D eigenvalue weighted by Crippen LogP contribution is 2.23. The highest BCUT2D eigenvalue weighted by molar-refractivity contribution is 7.99. The van der Waals surface area contributed by atoms with E-state index in [9.17, 15) is 5.11 Å². The molecule has 0 amide bonds. The van der Waals surface area contributed by atoms with Crippen molar-refractivity contribution in [3.05, 3.63) is 0 Å². The maximum absolute atomic E-state index is 9.49. The molecule has 6 nitrogen and oxygen atoms in total. The summed E-state index contributed by atoms with van der Waals surface area (Å²) in [4.78, 5) is 14.6. The van der Waals surface area contributed by atoms with E-state index in [4.69, 9.17) is 5.73 Å². The van der Waals surface area contributed by atoms with Crippen molar-refractivity contribution in [1.29, 1.82) is 0 Å². The number of nitrogen functional groups attached to an aromatic ring is 1. The van der Waals surface area contributed by atoms with Crippen molar-refractivity contribution in [2.45, 2.75) is 44.2 Å². The van der Waals surface area contributed by atoms with Gasteiger partial charge in [-0.05, 0) is 20.8 Å². The first kappa shape index (κ1) is 15.0. The number of aliphatic hydroxyl groups is 1. The summed E-state index contributed by atoms with van der Waals surface area (Å²) in [5.41, 5.74) is 5.69. The number of nitrogens with two attached hydrogens (primary N) is 1. The van der Waals surface area contributed by atoms with Gasteiger partial charge in [0.15, 0.2) is 5.16 Å². The minimum atomic E-state index is -0.426. The smallest absolute Gasteiger partial charge is 0.231 e. The molecule has 0 aliphatic rings. The van der Waals surface area contributed by atoms with Crippen molar-refractivity contribution in [1.82, 2.24) is 15.0 Å². The van der Waals surface area contributed by atoms with Crippen molar-refractivity contribution in [3.63, 3.8) is 0 Å². The van der Waals surface area contributed by atoms with Crippen molar-refractivity contribution < 1.29 is 5.11 Å². The highest BCUT2D eigenvalue weighted by Gasteiger charge is 2.15. The van der Waals surface area contributed by atoms with Crippen LogP contribution in [-0.4, -0.2) is 44.5 Å². The molecule has 7 heteroatoms. The van der Waals surface area contributed by atoms with Crippen LogP contribution in [0, 0.1) is 0 Å².